The van der Waals surface area contributed by atoms with E-state index < -0.39 is 33.3 Å². The van der Waals surface area contributed by atoms with Crippen molar-refractivity contribution >= 4 is 22.0 Å². The van der Waals surface area contributed by atoms with Gasteiger partial charge in [0.2, 0.25) is 10.0 Å². The SMILES string of the molecule is COC(=O)/C=C/C(=O)OCC(Cc1ccccc1)NS(=O)(=O)C1CCCCC1. The van der Waals surface area contributed by atoms with Gasteiger partial charge in [0.05, 0.1) is 18.4 Å². The molecule has 8 heteroatoms. The Kier molecular flexibility index (Phi) is 8.66. The molecular weight excluding hydrogens is 382 g/mol. The van der Waals surface area contributed by atoms with Crippen molar-refractivity contribution in [1.29, 1.82) is 0 Å². The van der Waals surface area contributed by atoms with E-state index >= 15 is 0 Å². The zero-order chi connectivity index (χ0) is 20.4. The molecule has 1 aliphatic carbocycles. The maximum atomic E-state index is 12.8. The van der Waals surface area contributed by atoms with E-state index in [0.29, 0.717) is 19.3 Å². The second-order valence-corrected chi connectivity index (χ2v) is 8.79. The molecule has 1 aliphatic rings. The van der Waals surface area contributed by atoms with Gasteiger partial charge in [-0.05, 0) is 24.8 Å². The lowest BCUT2D eigenvalue weighted by Crippen LogP contribution is -2.45. The molecular formula is C20H27NO6S. The van der Waals surface area contributed by atoms with Crippen LogP contribution >= 0.6 is 0 Å². The summed E-state index contributed by atoms with van der Waals surface area (Å²) >= 11 is 0. The number of nitrogens with one attached hydrogen (secondary N) is 1. The van der Waals surface area contributed by atoms with Crippen molar-refractivity contribution in [1.82, 2.24) is 4.72 Å². The molecule has 0 aliphatic heterocycles. The highest BCUT2D eigenvalue weighted by molar-refractivity contribution is 7.90. The van der Waals surface area contributed by atoms with Crippen LogP contribution in [0, 0.1) is 0 Å². The van der Waals surface area contributed by atoms with Crippen LogP contribution in [0.4, 0.5) is 0 Å². The minimum Gasteiger partial charge on any atom is -0.466 e. The van der Waals surface area contributed by atoms with E-state index in [-0.39, 0.29) is 6.61 Å². The van der Waals surface area contributed by atoms with Gasteiger partial charge in [-0.1, -0.05) is 49.6 Å². The van der Waals surface area contributed by atoms with Gasteiger partial charge < -0.3 is 9.47 Å². The third kappa shape index (κ3) is 7.44. The molecule has 1 N–H and O–H groups in total. The molecule has 0 heterocycles. The summed E-state index contributed by atoms with van der Waals surface area (Å²) in [5.41, 5.74) is 0.931. The number of rotatable bonds is 9. The zero-order valence-electron chi connectivity index (χ0n) is 16.0. The summed E-state index contributed by atoms with van der Waals surface area (Å²) in [6, 6.07) is 8.80. The lowest BCUT2D eigenvalue weighted by atomic mass is 10.0. The van der Waals surface area contributed by atoms with Crippen LogP contribution in [-0.2, 0) is 35.5 Å². The second-order valence-electron chi connectivity index (χ2n) is 6.80. The van der Waals surface area contributed by atoms with E-state index in [1.807, 2.05) is 30.3 Å². The number of benzene rings is 1. The fraction of sp³-hybridized carbons (Fsp3) is 0.500. The molecule has 1 saturated carbocycles. The lowest BCUT2D eigenvalue weighted by molar-refractivity contribution is -0.139. The number of methoxy groups -OCH3 is 1. The van der Waals surface area contributed by atoms with Gasteiger partial charge in [0, 0.05) is 12.2 Å². The van der Waals surface area contributed by atoms with E-state index in [1.165, 1.54) is 7.11 Å². The average Bonchev–Trinajstić information content (AvgIpc) is 2.71. The average molecular weight is 410 g/mol. The van der Waals surface area contributed by atoms with E-state index in [2.05, 4.69) is 9.46 Å². The van der Waals surface area contributed by atoms with Crippen molar-refractivity contribution in [3.05, 3.63) is 48.0 Å². The predicted molar refractivity (Wildman–Crippen MR) is 105 cm³/mol. The first-order valence-electron chi connectivity index (χ1n) is 9.38. The molecule has 0 amide bonds. The summed E-state index contributed by atoms with van der Waals surface area (Å²) in [6.45, 7) is -0.134. The van der Waals surface area contributed by atoms with Crippen molar-refractivity contribution in [2.24, 2.45) is 0 Å². The van der Waals surface area contributed by atoms with E-state index in [0.717, 1.165) is 37.0 Å². The molecule has 154 valence electrons. The Balaban J connectivity index is 2.03. The smallest absolute Gasteiger partial charge is 0.331 e. The van der Waals surface area contributed by atoms with Crippen LogP contribution in [0.15, 0.2) is 42.5 Å². The van der Waals surface area contributed by atoms with Gasteiger partial charge in [-0.3, -0.25) is 0 Å². The number of ether oxygens (including phenoxy) is 2. The first-order chi connectivity index (χ1) is 13.4. The highest BCUT2D eigenvalue weighted by Crippen LogP contribution is 2.23. The summed E-state index contributed by atoms with van der Waals surface area (Å²) in [5.74, 6) is -1.41. The van der Waals surface area contributed by atoms with Crippen molar-refractivity contribution < 1.29 is 27.5 Å². The normalized spacial score (nSPS) is 16.6. The number of carbonyl (C=O) groups is 2. The Morgan fingerprint density at radius 3 is 2.39 bits per heavy atom. The Labute approximate surface area is 166 Å². The molecule has 28 heavy (non-hydrogen) atoms. The van der Waals surface area contributed by atoms with Crippen molar-refractivity contribution in [2.45, 2.75) is 49.8 Å². The third-order valence-corrected chi connectivity index (χ3v) is 6.64. The molecule has 0 spiro atoms. The molecule has 0 saturated heterocycles. The van der Waals surface area contributed by atoms with Crippen LogP contribution in [-0.4, -0.2) is 45.4 Å². The van der Waals surface area contributed by atoms with E-state index in [4.69, 9.17) is 4.74 Å². The minimum atomic E-state index is -3.51. The number of carbonyl (C=O) groups excluding carboxylic acids is 2. The second kappa shape index (κ2) is 11.0. The van der Waals surface area contributed by atoms with Gasteiger partial charge in [0.25, 0.3) is 0 Å². The molecule has 0 aromatic heterocycles. The van der Waals surface area contributed by atoms with Gasteiger partial charge in [0.1, 0.15) is 6.61 Å². The molecule has 1 fully saturated rings. The summed E-state index contributed by atoms with van der Waals surface area (Å²) in [4.78, 5) is 22.8. The molecule has 1 atom stereocenters. The molecule has 0 radical (unpaired) electrons. The number of esters is 2. The molecule has 1 unspecified atom stereocenters. The van der Waals surface area contributed by atoms with Gasteiger partial charge in [0.15, 0.2) is 0 Å². The quantitative estimate of drug-likeness (QED) is 0.495. The fourth-order valence-electron chi connectivity index (χ4n) is 3.17. The van der Waals surface area contributed by atoms with Gasteiger partial charge in [-0.2, -0.15) is 0 Å². The molecule has 1 aromatic carbocycles. The first kappa shape index (κ1) is 22.1. The topological polar surface area (TPSA) is 98.8 Å². The van der Waals surface area contributed by atoms with Crippen LogP contribution in [0.3, 0.4) is 0 Å². The Hall–Kier alpha value is -2.19. The van der Waals surface area contributed by atoms with Crippen molar-refractivity contribution in [2.75, 3.05) is 13.7 Å². The molecule has 1 aromatic rings. The first-order valence-corrected chi connectivity index (χ1v) is 10.9. The highest BCUT2D eigenvalue weighted by atomic mass is 32.2. The Morgan fingerprint density at radius 2 is 1.75 bits per heavy atom. The fourth-order valence-corrected chi connectivity index (χ4v) is 4.93. The van der Waals surface area contributed by atoms with Crippen LogP contribution in [0.25, 0.3) is 0 Å². The number of sulfonamides is 1. The maximum absolute atomic E-state index is 12.8. The molecule has 7 nitrogen and oxygen atoms in total. The van der Waals surface area contributed by atoms with Crippen LogP contribution < -0.4 is 4.72 Å². The minimum absolute atomic E-state index is 0.134. The number of hydrogen-bond donors (Lipinski definition) is 1. The summed E-state index contributed by atoms with van der Waals surface area (Å²) < 4.78 is 37.8. The van der Waals surface area contributed by atoms with Gasteiger partial charge in [-0.25, -0.2) is 22.7 Å². The van der Waals surface area contributed by atoms with Gasteiger partial charge in [-0.15, -0.1) is 0 Å². The summed E-state index contributed by atoms with van der Waals surface area (Å²) in [5, 5.41) is -0.408. The monoisotopic (exact) mass is 409 g/mol. The number of hydrogen-bond acceptors (Lipinski definition) is 6. The van der Waals surface area contributed by atoms with Crippen molar-refractivity contribution in [3.63, 3.8) is 0 Å². The van der Waals surface area contributed by atoms with Crippen LogP contribution in [0.1, 0.15) is 37.7 Å². The van der Waals surface area contributed by atoms with Gasteiger partial charge >= 0.3 is 11.9 Å². The largest absolute Gasteiger partial charge is 0.466 e. The Bertz CT molecular complexity index is 769. The highest BCUT2D eigenvalue weighted by Gasteiger charge is 2.29. The summed E-state index contributed by atoms with van der Waals surface area (Å²) in [6.07, 6.45) is 6.47. The lowest BCUT2D eigenvalue weighted by Gasteiger charge is -2.25. The third-order valence-electron chi connectivity index (χ3n) is 4.63. The van der Waals surface area contributed by atoms with E-state index in [1.54, 1.807) is 0 Å². The van der Waals surface area contributed by atoms with Crippen LogP contribution in [0.5, 0.6) is 0 Å². The molecule has 0 bridgehead atoms. The predicted octanol–water partition coefficient (Wildman–Crippen LogP) is 2.12. The molecule has 2 rings (SSSR count). The zero-order valence-corrected chi connectivity index (χ0v) is 16.8. The maximum Gasteiger partial charge on any atom is 0.331 e. The van der Waals surface area contributed by atoms with Crippen molar-refractivity contribution in [3.8, 4) is 0 Å². The van der Waals surface area contributed by atoms with Crippen LogP contribution in [0.2, 0.25) is 0 Å². The summed E-state index contributed by atoms with van der Waals surface area (Å²) in [7, 11) is -2.31. The standard InChI is InChI=1S/C20H27NO6S/c1-26-19(22)12-13-20(23)27-15-17(14-16-8-4-2-5-9-16)21-28(24,25)18-10-6-3-7-11-18/h2,4-5,8-9,12-13,17-18,21H,3,6-7,10-11,14-15H2,1H3/b13-12+. The van der Waals surface area contributed by atoms with E-state index in [9.17, 15) is 18.0 Å². The Morgan fingerprint density at radius 1 is 1.11 bits per heavy atom.